The largest absolute Gasteiger partial charge is 0.508 e. The average Bonchev–Trinajstić information content (AvgIpc) is 2.53. The summed E-state index contributed by atoms with van der Waals surface area (Å²) < 4.78 is 0. The minimum atomic E-state index is 0. The summed E-state index contributed by atoms with van der Waals surface area (Å²) in [5.74, 6) is 0.611. The van der Waals surface area contributed by atoms with E-state index >= 15 is 0 Å². The highest BCUT2D eigenvalue weighted by atomic mass is 35.5. The number of para-hydroxylation sites is 1. The number of phenolic OH excluding ortho intramolecular Hbond substituents is 1. The molecule has 1 N–H and O–H groups in total. The van der Waals surface area contributed by atoms with Gasteiger partial charge in [-0.15, -0.1) is 12.4 Å². The normalized spacial score (nSPS) is 12.5. The van der Waals surface area contributed by atoms with E-state index in [9.17, 15) is 5.11 Å². The minimum absolute atomic E-state index is 0. The van der Waals surface area contributed by atoms with E-state index < -0.39 is 0 Å². The maximum atomic E-state index is 10.3. The van der Waals surface area contributed by atoms with Crippen LogP contribution in [0.1, 0.15) is 51.2 Å². The van der Waals surface area contributed by atoms with Crippen molar-refractivity contribution in [1.29, 1.82) is 0 Å². The SMILES string of the molecule is CC(C)N(CCC(c1ccccc1)c1ccccc1O)C(C)C.Cl. The quantitative estimate of drug-likeness (QED) is 0.719. The molecule has 0 aliphatic heterocycles. The Bertz CT molecular complexity index is 590. The van der Waals surface area contributed by atoms with Gasteiger partial charge in [-0.25, -0.2) is 0 Å². The number of phenols is 1. The third-order valence-corrected chi connectivity index (χ3v) is 4.52. The summed E-state index contributed by atoms with van der Waals surface area (Å²) in [7, 11) is 0. The lowest BCUT2D eigenvalue weighted by molar-refractivity contribution is 0.170. The summed E-state index contributed by atoms with van der Waals surface area (Å²) in [4.78, 5) is 2.51. The first-order chi connectivity index (χ1) is 11.0. The monoisotopic (exact) mass is 347 g/mol. The van der Waals surface area contributed by atoms with Crippen molar-refractivity contribution in [3.63, 3.8) is 0 Å². The molecule has 0 aromatic heterocycles. The standard InChI is InChI=1S/C21H29NO.ClH/c1-16(2)22(17(3)4)15-14-19(18-10-6-5-7-11-18)20-12-8-9-13-21(20)23;/h5-13,16-17,19,23H,14-15H2,1-4H3;1H. The summed E-state index contributed by atoms with van der Waals surface area (Å²) >= 11 is 0. The number of aromatic hydroxyl groups is 1. The van der Waals surface area contributed by atoms with E-state index in [0.717, 1.165) is 18.5 Å². The molecule has 0 bridgehead atoms. The molecule has 0 spiro atoms. The average molecular weight is 348 g/mol. The predicted octanol–water partition coefficient (Wildman–Crippen LogP) is 5.45. The number of rotatable bonds is 7. The Balaban J connectivity index is 0.00000288. The Kier molecular flexibility index (Phi) is 8.30. The highest BCUT2D eigenvalue weighted by Gasteiger charge is 2.20. The van der Waals surface area contributed by atoms with Crippen LogP contribution in [0.3, 0.4) is 0 Å². The Morgan fingerprint density at radius 3 is 1.92 bits per heavy atom. The van der Waals surface area contributed by atoms with Crippen molar-refractivity contribution in [2.45, 2.75) is 52.1 Å². The van der Waals surface area contributed by atoms with Gasteiger partial charge in [0.1, 0.15) is 5.75 Å². The molecular formula is C21H30ClNO. The van der Waals surface area contributed by atoms with Gasteiger partial charge in [0.25, 0.3) is 0 Å². The van der Waals surface area contributed by atoms with E-state index in [0.29, 0.717) is 17.8 Å². The summed E-state index contributed by atoms with van der Waals surface area (Å²) in [6, 6.07) is 19.3. The second kappa shape index (κ2) is 9.71. The van der Waals surface area contributed by atoms with Crippen LogP contribution >= 0.6 is 12.4 Å². The first-order valence-corrected chi connectivity index (χ1v) is 8.59. The highest BCUT2D eigenvalue weighted by molar-refractivity contribution is 5.85. The molecule has 24 heavy (non-hydrogen) atoms. The molecule has 0 saturated carbocycles. The summed E-state index contributed by atoms with van der Waals surface area (Å²) in [5, 5.41) is 10.3. The maximum Gasteiger partial charge on any atom is 0.119 e. The Hall–Kier alpha value is -1.51. The van der Waals surface area contributed by atoms with Crippen molar-refractivity contribution in [3.05, 3.63) is 65.7 Å². The lowest BCUT2D eigenvalue weighted by Crippen LogP contribution is -2.38. The molecule has 0 aliphatic carbocycles. The maximum absolute atomic E-state index is 10.3. The van der Waals surface area contributed by atoms with Crippen LogP contribution < -0.4 is 0 Å². The van der Waals surface area contributed by atoms with E-state index in [1.54, 1.807) is 6.07 Å². The van der Waals surface area contributed by atoms with Crippen LogP contribution in [0.5, 0.6) is 5.75 Å². The Labute approximate surface area is 152 Å². The molecule has 0 aliphatic rings. The van der Waals surface area contributed by atoms with E-state index in [4.69, 9.17) is 0 Å². The molecule has 0 heterocycles. The zero-order valence-electron chi connectivity index (χ0n) is 15.1. The van der Waals surface area contributed by atoms with Crippen LogP contribution in [0.2, 0.25) is 0 Å². The zero-order valence-corrected chi connectivity index (χ0v) is 16.0. The Morgan fingerprint density at radius 1 is 0.833 bits per heavy atom. The fraction of sp³-hybridized carbons (Fsp3) is 0.429. The van der Waals surface area contributed by atoms with Crippen molar-refractivity contribution in [3.8, 4) is 5.75 Å². The van der Waals surface area contributed by atoms with E-state index in [2.05, 4.69) is 56.9 Å². The summed E-state index contributed by atoms with van der Waals surface area (Å²) in [5.41, 5.74) is 2.28. The number of halogens is 1. The van der Waals surface area contributed by atoms with Gasteiger partial charge in [-0.1, -0.05) is 48.5 Å². The minimum Gasteiger partial charge on any atom is -0.508 e. The van der Waals surface area contributed by atoms with Crippen molar-refractivity contribution in [2.75, 3.05) is 6.54 Å². The topological polar surface area (TPSA) is 23.5 Å². The summed E-state index contributed by atoms with van der Waals surface area (Å²) in [6.45, 7) is 10.0. The zero-order chi connectivity index (χ0) is 16.8. The molecule has 2 rings (SSSR count). The molecule has 132 valence electrons. The summed E-state index contributed by atoms with van der Waals surface area (Å²) in [6.07, 6.45) is 0.998. The first-order valence-electron chi connectivity index (χ1n) is 8.59. The van der Waals surface area contributed by atoms with Gasteiger partial charge < -0.3 is 5.11 Å². The molecule has 2 aromatic rings. The van der Waals surface area contributed by atoms with Gasteiger partial charge in [0.05, 0.1) is 0 Å². The fourth-order valence-corrected chi connectivity index (χ4v) is 3.36. The molecule has 0 amide bonds. The predicted molar refractivity (Wildman–Crippen MR) is 105 cm³/mol. The number of hydrogen-bond acceptors (Lipinski definition) is 2. The molecule has 0 radical (unpaired) electrons. The fourth-order valence-electron chi connectivity index (χ4n) is 3.36. The first kappa shape index (κ1) is 20.5. The highest BCUT2D eigenvalue weighted by Crippen LogP contribution is 2.34. The molecule has 2 nitrogen and oxygen atoms in total. The van der Waals surface area contributed by atoms with Gasteiger partial charge in [0.2, 0.25) is 0 Å². The van der Waals surface area contributed by atoms with Crippen molar-refractivity contribution in [1.82, 2.24) is 4.90 Å². The third kappa shape index (κ3) is 5.25. The van der Waals surface area contributed by atoms with E-state index in [1.807, 2.05) is 24.3 Å². The van der Waals surface area contributed by atoms with Gasteiger partial charge in [0, 0.05) is 23.6 Å². The van der Waals surface area contributed by atoms with E-state index in [1.165, 1.54) is 5.56 Å². The molecule has 1 atom stereocenters. The van der Waals surface area contributed by atoms with E-state index in [-0.39, 0.29) is 18.3 Å². The lowest BCUT2D eigenvalue weighted by atomic mass is 9.87. The van der Waals surface area contributed by atoms with Crippen LogP contribution in [0.15, 0.2) is 54.6 Å². The van der Waals surface area contributed by atoms with Gasteiger partial charge in [-0.05, 0) is 52.3 Å². The number of hydrogen-bond donors (Lipinski definition) is 1. The molecule has 3 heteroatoms. The lowest BCUT2D eigenvalue weighted by Gasteiger charge is -2.32. The second-order valence-electron chi connectivity index (χ2n) is 6.74. The van der Waals surface area contributed by atoms with Gasteiger partial charge in [-0.3, -0.25) is 4.90 Å². The van der Waals surface area contributed by atoms with Crippen LogP contribution in [-0.2, 0) is 0 Å². The Morgan fingerprint density at radius 2 is 1.38 bits per heavy atom. The van der Waals surface area contributed by atoms with Crippen LogP contribution in [0.25, 0.3) is 0 Å². The molecule has 0 saturated heterocycles. The van der Waals surface area contributed by atoms with Gasteiger partial charge >= 0.3 is 0 Å². The van der Waals surface area contributed by atoms with Crippen LogP contribution in [0, 0.1) is 0 Å². The number of benzene rings is 2. The molecule has 0 fully saturated rings. The van der Waals surface area contributed by atoms with Gasteiger partial charge in [0.15, 0.2) is 0 Å². The van der Waals surface area contributed by atoms with Crippen LogP contribution in [-0.4, -0.2) is 28.6 Å². The molecule has 1 unspecified atom stereocenters. The van der Waals surface area contributed by atoms with Crippen molar-refractivity contribution in [2.24, 2.45) is 0 Å². The number of nitrogens with zero attached hydrogens (tertiary/aromatic N) is 1. The molecular weight excluding hydrogens is 318 g/mol. The smallest absolute Gasteiger partial charge is 0.119 e. The molecule has 2 aromatic carbocycles. The second-order valence-corrected chi connectivity index (χ2v) is 6.74. The van der Waals surface area contributed by atoms with Crippen LogP contribution in [0.4, 0.5) is 0 Å². The van der Waals surface area contributed by atoms with Crippen molar-refractivity contribution >= 4 is 12.4 Å². The van der Waals surface area contributed by atoms with Crippen molar-refractivity contribution < 1.29 is 5.11 Å². The third-order valence-electron chi connectivity index (χ3n) is 4.52. The van der Waals surface area contributed by atoms with Gasteiger partial charge in [-0.2, -0.15) is 0 Å².